The number of aliphatic hydroxyl groups excluding tert-OH is 1. The molecule has 0 aliphatic heterocycles. The fraction of sp³-hybridized carbons (Fsp3) is 0.429. The lowest BCUT2D eigenvalue weighted by atomic mass is 10.1. The maximum Gasteiger partial charge on any atom is 0.174 e. The molecule has 2 rings (SSSR count). The summed E-state index contributed by atoms with van der Waals surface area (Å²) in [6, 6.07) is 4.12. The quantitative estimate of drug-likeness (QED) is 0.831. The van der Waals surface area contributed by atoms with Crippen LogP contribution in [0.4, 0.5) is 0 Å². The number of benzene rings is 1. The number of ether oxygens (including phenoxy) is 1. The second-order valence-corrected chi connectivity index (χ2v) is 6.73. The molecule has 1 atom stereocenters. The van der Waals surface area contributed by atoms with Crippen molar-refractivity contribution in [1.29, 1.82) is 0 Å². The monoisotopic (exact) mass is 310 g/mol. The summed E-state index contributed by atoms with van der Waals surface area (Å²) in [5.74, 6) is 1.43. The van der Waals surface area contributed by atoms with Gasteiger partial charge in [0.2, 0.25) is 0 Å². The van der Waals surface area contributed by atoms with E-state index in [2.05, 4.69) is 23.2 Å². The number of aromatic nitrogens is 2. The second kappa shape index (κ2) is 7.06. The summed E-state index contributed by atoms with van der Waals surface area (Å²) in [6.45, 7) is 6.41. The van der Waals surface area contributed by atoms with Crippen molar-refractivity contribution in [2.24, 2.45) is 0 Å². The lowest BCUT2D eigenvalue weighted by molar-refractivity contribution is 0.125. The molecule has 0 aliphatic carbocycles. The van der Waals surface area contributed by atoms with E-state index in [1.807, 2.05) is 19.9 Å². The first-order chi connectivity index (χ1) is 9.58. The fourth-order valence-electron chi connectivity index (χ4n) is 1.77. The minimum absolute atomic E-state index is 0.289. The van der Waals surface area contributed by atoms with Crippen LogP contribution in [-0.2, 0) is 0 Å². The number of hydrogen-bond donors (Lipinski definition) is 1. The molecule has 1 aromatic heterocycles. The van der Waals surface area contributed by atoms with E-state index in [4.69, 9.17) is 4.74 Å². The van der Waals surface area contributed by atoms with Gasteiger partial charge in [-0.3, -0.25) is 0 Å². The average molecular weight is 310 g/mol. The van der Waals surface area contributed by atoms with Crippen LogP contribution < -0.4 is 4.74 Å². The molecular weight excluding hydrogens is 292 g/mol. The highest BCUT2D eigenvalue weighted by molar-refractivity contribution is 8.01. The zero-order valence-corrected chi connectivity index (χ0v) is 13.4. The van der Waals surface area contributed by atoms with E-state index in [1.165, 1.54) is 28.7 Å². The fourth-order valence-corrected chi connectivity index (χ4v) is 3.19. The highest BCUT2D eigenvalue weighted by atomic mass is 32.2. The van der Waals surface area contributed by atoms with Gasteiger partial charge in [-0.1, -0.05) is 35.2 Å². The van der Waals surface area contributed by atoms with Gasteiger partial charge in [0.1, 0.15) is 17.9 Å². The summed E-state index contributed by atoms with van der Waals surface area (Å²) in [7, 11) is 0. The topological polar surface area (TPSA) is 55.2 Å². The summed E-state index contributed by atoms with van der Waals surface area (Å²) in [5, 5.41) is 17.7. The van der Waals surface area contributed by atoms with Gasteiger partial charge < -0.3 is 9.84 Å². The minimum Gasteiger partial charge on any atom is -0.490 e. The van der Waals surface area contributed by atoms with Crippen LogP contribution >= 0.6 is 23.1 Å². The molecule has 20 heavy (non-hydrogen) atoms. The van der Waals surface area contributed by atoms with Gasteiger partial charge in [-0.05, 0) is 37.5 Å². The number of aliphatic hydroxyl groups is 1. The molecule has 0 saturated carbocycles. The van der Waals surface area contributed by atoms with E-state index < -0.39 is 6.10 Å². The van der Waals surface area contributed by atoms with Crippen LogP contribution in [0.15, 0.2) is 22.0 Å². The Labute approximate surface area is 127 Å². The molecule has 108 valence electrons. The maximum atomic E-state index is 9.97. The lowest BCUT2D eigenvalue weighted by Gasteiger charge is -2.16. The molecule has 0 fully saturated rings. The first-order valence-electron chi connectivity index (χ1n) is 6.34. The van der Waals surface area contributed by atoms with Crippen molar-refractivity contribution in [3.8, 4) is 5.75 Å². The smallest absolute Gasteiger partial charge is 0.174 e. The Morgan fingerprint density at radius 2 is 2.05 bits per heavy atom. The molecule has 1 N–H and O–H groups in total. The Bertz CT molecular complexity index is 559. The summed E-state index contributed by atoms with van der Waals surface area (Å²) in [4.78, 5) is 0. The molecule has 0 amide bonds. The number of nitrogens with zero attached hydrogens (tertiary/aromatic N) is 2. The molecular formula is C14H18N2O2S2. The van der Waals surface area contributed by atoms with Gasteiger partial charge in [0, 0.05) is 5.75 Å². The van der Waals surface area contributed by atoms with Gasteiger partial charge in [-0.25, -0.2) is 0 Å². The van der Waals surface area contributed by atoms with E-state index >= 15 is 0 Å². The van der Waals surface area contributed by atoms with E-state index in [9.17, 15) is 5.11 Å². The van der Waals surface area contributed by atoms with Gasteiger partial charge in [-0.2, -0.15) is 0 Å². The highest BCUT2D eigenvalue weighted by Crippen LogP contribution is 2.26. The number of thioether (sulfide) groups is 1. The van der Waals surface area contributed by atoms with Crippen molar-refractivity contribution in [2.75, 3.05) is 12.4 Å². The lowest BCUT2D eigenvalue weighted by Crippen LogP contribution is -2.20. The molecule has 0 bridgehead atoms. The Morgan fingerprint density at radius 3 is 2.75 bits per heavy atom. The molecule has 0 spiro atoms. The Kier molecular flexibility index (Phi) is 5.39. The van der Waals surface area contributed by atoms with Gasteiger partial charge >= 0.3 is 0 Å². The third-order valence-corrected chi connectivity index (χ3v) is 5.04. The number of hydrogen-bond acceptors (Lipinski definition) is 6. The minimum atomic E-state index is -0.525. The van der Waals surface area contributed by atoms with Crippen molar-refractivity contribution < 1.29 is 9.84 Å². The standard InChI is InChI=1S/C14H18N2O2S2/c1-9-4-5-10(2)13(11(9)3)18-6-12(17)7-19-14-16-15-8-20-14/h4-5,8,12,17H,6-7H2,1-3H3. The summed E-state index contributed by atoms with van der Waals surface area (Å²) in [5.41, 5.74) is 5.11. The van der Waals surface area contributed by atoms with Crippen LogP contribution in [0, 0.1) is 20.8 Å². The molecule has 0 radical (unpaired) electrons. The van der Waals surface area contributed by atoms with Crippen LogP contribution in [0.3, 0.4) is 0 Å². The number of rotatable bonds is 6. The molecule has 2 aromatic rings. The van der Waals surface area contributed by atoms with E-state index in [1.54, 1.807) is 5.51 Å². The van der Waals surface area contributed by atoms with Gasteiger partial charge in [0.25, 0.3) is 0 Å². The third kappa shape index (κ3) is 3.94. The molecule has 1 unspecified atom stereocenters. The predicted octanol–water partition coefficient (Wildman–Crippen LogP) is 3.00. The number of aryl methyl sites for hydroxylation is 2. The average Bonchev–Trinajstić information content (AvgIpc) is 2.94. The van der Waals surface area contributed by atoms with Crippen LogP contribution in [-0.4, -0.2) is 33.8 Å². The van der Waals surface area contributed by atoms with Crippen LogP contribution in [0.5, 0.6) is 5.75 Å². The molecule has 1 aromatic carbocycles. The molecule has 1 heterocycles. The van der Waals surface area contributed by atoms with E-state index in [0.29, 0.717) is 5.75 Å². The van der Waals surface area contributed by atoms with Crippen LogP contribution in [0.25, 0.3) is 0 Å². The predicted molar refractivity (Wildman–Crippen MR) is 82.8 cm³/mol. The molecule has 6 heteroatoms. The Morgan fingerprint density at radius 1 is 1.30 bits per heavy atom. The van der Waals surface area contributed by atoms with E-state index in [-0.39, 0.29) is 6.61 Å². The van der Waals surface area contributed by atoms with Gasteiger partial charge in [-0.15, -0.1) is 10.2 Å². The molecule has 4 nitrogen and oxygen atoms in total. The normalized spacial score (nSPS) is 12.4. The van der Waals surface area contributed by atoms with Crippen molar-refractivity contribution in [3.63, 3.8) is 0 Å². The summed E-state index contributed by atoms with van der Waals surface area (Å²) >= 11 is 2.97. The van der Waals surface area contributed by atoms with Crippen molar-refractivity contribution >= 4 is 23.1 Å². The zero-order valence-electron chi connectivity index (χ0n) is 11.8. The first kappa shape index (κ1) is 15.3. The molecule has 0 aliphatic rings. The maximum absolute atomic E-state index is 9.97. The Balaban J connectivity index is 1.87. The highest BCUT2D eigenvalue weighted by Gasteiger charge is 2.11. The zero-order chi connectivity index (χ0) is 14.5. The van der Waals surface area contributed by atoms with Crippen molar-refractivity contribution in [2.45, 2.75) is 31.2 Å². The van der Waals surface area contributed by atoms with Gasteiger partial charge in [0.05, 0.1) is 6.10 Å². The van der Waals surface area contributed by atoms with Crippen LogP contribution in [0.1, 0.15) is 16.7 Å². The van der Waals surface area contributed by atoms with Gasteiger partial charge in [0.15, 0.2) is 4.34 Å². The Hall–Kier alpha value is -1.11. The van der Waals surface area contributed by atoms with E-state index in [0.717, 1.165) is 21.2 Å². The first-order valence-corrected chi connectivity index (χ1v) is 8.21. The SMILES string of the molecule is Cc1ccc(C)c(OCC(O)CSc2nncs2)c1C. The summed E-state index contributed by atoms with van der Waals surface area (Å²) < 4.78 is 6.65. The largest absolute Gasteiger partial charge is 0.490 e. The molecule has 0 saturated heterocycles. The van der Waals surface area contributed by atoms with Crippen LogP contribution in [0.2, 0.25) is 0 Å². The summed E-state index contributed by atoms with van der Waals surface area (Å²) in [6.07, 6.45) is -0.525. The third-order valence-electron chi connectivity index (χ3n) is 3.03. The van der Waals surface area contributed by atoms with Crippen molar-refractivity contribution in [1.82, 2.24) is 10.2 Å². The second-order valence-electron chi connectivity index (χ2n) is 4.63. The van der Waals surface area contributed by atoms with Crippen molar-refractivity contribution in [3.05, 3.63) is 34.3 Å².